The topological polar surface area (TPSA) is 87.5 Å². The zero-order chi connectivity index (χ0) is 21.0. The van der Waals surface area contributed by atoms with Crippen molar-refractivity contribution in [2.45, 2.75) is 31.5 Å². The molecule has 2 heterocycles. The Morgan fingerprint density at radius 1 is 1.24 bits per heavy atom. The van der Waals surface area contributed by atoms with Crippen molar-refractivity contribution in [3.8, 4) is 0 Å². The van der Waals surface area contributed by atoms with Gasteiger partial charge >= 0.3 is 6.18 Å². The maximum absolute atomic E-state index is 12.4. The molecule has 3 rings (SSSR count). The molecule has 1 aliphatic heterocycles. The van der Waals surface area contributed by atoms with Crippen LogP contribution in [0, 0.1) is 5.92 Å². The zero-order valence-corrected chi connectivity index (χ0v) is 16.0. The SMILES string of the molecule is CN1C[C@@H](NC(=O)Cc2nc3ccccc3o2)CC[C@@H](C(=O)NCC(F)(F)F)C1. The molecule has 29 heavy (non-hydrogen) atoms. The van der Waals surface area contributed by atoms with Gasteiger partial charge in [-0.1, -0.05) is 12.1 Å². The highest BCUT2D eigenvalue weighted by molar-refractivity contribution is 5.80. The highest BCUT2D eigenvalue weighted by Crippen LogP contribution is 2.19. The first-order chi connectivity index (χ1) is 13.7. The van der Waals surface area contributed by atoms with Gasteiger partial charge < -0.3 is 20.0 Å². The number of carbonyl (C=O) groups excluding carboxylic acids is 2. The van der Waals surface area contributed by atoms with Gasteiger partial charge in [-0.2, -0.15) is 13.2 Å². The Kier molecular flexibility index (Phi) is 6.41. The van der Waals surface area contributed by atoms with Gasteiger partial charge in [-0.05, 0) is 32.0 Å². The van der Waals surface area contributed by atoms with E-state index in [0.29, 0.717) is 42.9 Å². The van der Waals surface area contributed by atoms with Crippen LogP contribution in [0.1, 0.15) is 18.7 Å². The lowest BCUT2D eigenvalue weighted by Crippen LogP contribution is -2.43. The van der Waals surface area contributed by atoms with Gasteiger partial charge in [0.15, 0.2) is 5.58 Å². The van der Waals surface area contributed by atoms with Crippen LogP contribution in [0.2, 0.25) is 0 Å². The molecular weight excluding hydrogens is 389 g/mol. The molecule has 0 aliphatic carbocycles. The molecule has 7 nitrogen and oxygen atoms in total. The minimum Gasteiger partial charge on any atom is -0.440 e. The van der Waals surface area contributed by atoms with Crippen LogP contribution in [-0.4, -0.2) is 60.6 Å². The Hall–Kier alpha value is -2.62. The first-order valence-electron chi connectivity index (χ1n) is 9.36. The van der Waals surface area contributed by atoms with E-state index in [0.717, 1.165) is 0 Å². The van der Waals surface area contributed by atoms with Crippen molar-refractivity contribution in [1.82, 2.24) is 20.5 Å². The molecule has 0 radical (unpaired) electrons. The van der Waals surface area contributed by atoms with Crippen molar-refractivity contribution >= 4 is 22.9 Å². The summed E-state index contributed by atoms with van der Waals surface area (Å²) in [6.45, 7) is -0.500. The normalized spacial score (nSPS) is 21.0. The fourth-order valence-corrected chi connectivity index (χ4v) is 3.49. The fourth-order valence-electron chi connectivity index (χ4n) is 3.49. The third kappa shape index (κ3) is 6.18. The first kappa shape index (κ1) is 21.1. The molecule has 1 aliphatic rings. The van der Waals surface area contributed by atoms with Crippen LogP contribution >= 0.6 is 0 Å². The van der Waals surface area contributed by atoms with Gasteiger partial charge in [-0.25, -0.2) is 4.98 Å². The molecular formula is C19H23F3N4O3. The predicted octanol–water partition coefficient (Wildman–Crippen LogP) is 1.88. The van der Waals surface area contributed by atoms with E-state index >= 15 is 0 Å². The second kappa shape index (κ2) is 8.81. The van der Waals surface area contributed by atoms with Crippen LogP contribution in [0.15, 0.2) is 28.7 Å². The summed E-state index contributed by atoms with van der Waals surface area (Å²) in [5.74, 6) is -1.11. The smallest absolute Gasteiger partial charge is 0.405 e. The Morgan fingerprint density at radius 3 is 2.72 bits per heavy atom. The summed E-state index contributed by atoms with van der Waals surface area (Å²) in [4.78, 5) is 30.5. The fraction of sp³-hybridized carbons (Fsp3) is 0.526. The molecule has 1 fully saturated rings. The van der Waals surface area contributed by atoms with E-state index in [4.69, 9.17) is 4.42 Å². The summed E-state index contributed by atoms with van der Waals surface area (Å²) in [6.07, 6.45) is -3.56. The van der Waals surface area contributed by atoms with E-state index in [-0.39, 0.29) is 18.4 Å². The van der Waals surface area contributed by atoms with Crippen LogP contribution in [0.3, 0.4) is 0 Å². The van der Waals surface area contributed by atoms with Crippen molar-refractivity contribution < 1.29 is 27.2 Å². The molecule has 158 valence electrons. The van der Waals surface area contributed by atoms with Gasteiger partial charge in [0.05, 0.1) is 5.92 Å². The van der Waals surface area contributed by atoms with E-state index < -0.39 is 24.5 Å². The highest BCUT2D eigenvalue weighted by Gasteiger charge is 2.32. The second-order valence-corrected chi connectivity index (χ2v) is 7.35. The Morgan fingerprint density at radius 2 is 2.00 bits per heavy atom. The number of likely N-dealkylation sites (tertiary alicyclic amines) is 1. The molecule has 1 aromatic heterocycles. The summed E-state index contributed by atoms with van der Waals surface area (Å²) in [7, 11) is 1.77. The number of fused-ring (bicyclic) bond motifs is 1. The maximum atomic E-state index is 12.4. The number of carbonyl (C=O) groups is 2. The van der Waals surface area contributed by atoms with E-state index in [1.54, 1.807) is 19.2 Å². The van der Waals surface area contributed by atoms with Crippen molar-refractivity contribution in [2.75, 3.05) is 26.7 Å². The Bertz CT molecular complexity index is 835. The summed E-state index contributed by atoms with van der Waals surface area (Å²) < 4.78 is 42.5. The molecule has 1 saturated heterocycles. The van der Waals surface area contributed by atoms with Crippen LogP contribution < -0.4 is 10.6 Å². The Labute approximate surface area is 165 Å². The summed E-state index contributed by atoms with van der Waals surface area (Å²) in [5.41, 5.74) is 1.29. The third-order valence-electron chi connectivity index (χ3n) is 4.78. The number of nitrogens with one attached hydrogen (secondary N) is 2. The summed E-state index contributed by atoms with van der Waals surface area (Å²) in [5, 5.41) is 4.85. The number of hydrogen-bond donors (Lipinski definition) is 2. The number of halogens is 3. The molecule has 0 spiro atoms. The molecule has 0 unspecified atom stereocenters. The van der Waals surface area contributed by atoms with Gasteiger partial charge in [-0.3, -0.25) is 9.59 Å². The molecule has 0 saturated carbocycles. The van der Waals surface area contributed by atoms with Crippen LogP contribution in [0.4, 0.5) is 13.2 Å². The van der Waals surface area contributed by atoms with Crippen molar-refractivity contribution in [1.29, 1.82) is 0 Å². The maximum Gasteiger partial charge on any atom is 0.405 e. The van der Waals surface area contributed by atoms with Gasteiger partial charge in [-0.15, -0.1) is 0 Å². The average molecular weight is 412 g/mol. The lowest BCUT2D eigenvalue weighted by atomic mass is 10.0. The minimum absolute atomic E-state index is 0.00953. The molecule has 1 aromatic carbocycles. The van der Waals surface area contributed by atoms with Gasteiger partial charge in [0.2, 0.25) is 17.7 Å². The molecule has 2 N–H and O–H groups in total. The van der Waals surface area contributed by atoms with Crippen molar-refractivity contribution in [3.63, 3.8) is 0 Å². The van der Waals surface area contributed by atoms with E-state index in [9.17, 15) is 22.8 Å². The van der Waals surface area contributed by atoms with Crippen molar-refractivity contribution in [3.05, 3.63) is 30.2 Å². The van der Waals surface area contributed by atoms with Crippen LogP contribution in [-0.2, 0) is 16.0 Å². The number of nitrogens with zero attached hydrogens (tertiary/aromatic N) is 2. The number of hydrogen-bond acceptors (Lipinski definition) is 5. The number of aromatic nitrogens is 1. The molecule has 2 atom stereocenters. The number of alkyl halides is 3. The van der Waals surface area contributed by atoms with Gasteiger partial charge in [0.25, 0.3) is 0 Å². The number of rotatable bonds is 5. The average Bonchev–Trinajstić information content (AvgIpc) is 2.94. The standard InChI is InChI=1S/C19H23F3N4O3/c1-26-9-12(18(28)23-11-19(20,21)22)6-7-13(10-26)24-16(27)8-17-25-14-4-2-3-5-15(14)29-17/h2-5,12-13H,6-11H2,1H3,(H,23,28)(H,24,27)/t12-,13+/m1/s1. The molecule has 0 bridgehead atoms. The second-order valence-electron chi connectivity index (χ2n) is 7.35. The number of benzene rings is 1. The van der Waals surface area contributed by atoms with Crippen molar-refractivity contribution in [2.24, 2.45) is 5.92 Å². The van der Waals surface area contributed by atoms with Crippen LogP contribution in [0.25, 0.3) is 11.1 Å². The number of para-hydroxylation sites is 2. The number of oxazole rings is 1. The molecule has 10 heteroatoms. The minimum atomic E-state index is -4.44. The zero-order valence-electron chi connectivity index (χ0n) is 16.0. The highest BCUT2D eigenvalue weighted by atomic mass is 19.4. The summed E-state index contributed by atoms with van der Waals surface area (Å²) >= 11 is 0. The Balaban J connectivity index is 1.52. The number of amides is 2. The monoisotopic (exact) mass is 412 g/mol. The third-order valence-corrected chi connectivity index (χ3v) is 4.78. The van der Waals surface area contributed by atoms with E-state index in [2.05, 4.69) is 10.3 Å². The van der Waals surface area contributed by atoms with Gasteiger partial charge in [0.1, 0.15) is 18.5 Å². The quantitative estimate of drug-likeness (QED) is 0.783. The lowest BCUT2D eigenvalue weighted by Gasteiger charge is -2.21. The van der Waals surface area contributed by atoms with E-state index in [1.165, 1.54) is 0 Å². The van der Waals surface area contributed by atoms with Crippen LogP contribution in [0.5, 0.6) is 0 Å². The predicted molar refractivity (Wildman–Crippen MR) is 98.9 cm³/mol. The van der Waals surface area contributed by atoms with E-state index in [1.807, 2.05) is 22.3 Å². The van der Waals surface area contributed by atoms with Gasteiger partial charge in [0, 0.05) is 19.1 Å². The summed E-state index contributed by atoms with van der Waals surface area (Å²) in [6, 6.07) is 7.01. The first-order valence-corrected chi connectivity index (χ1v) is 9.36. The lowest BCUT2D eigenvalue weighted by molar-refractivity contribution is -0.141. The molecule has 2 amide bonds. The number of likely N-dealkylation sites (N-methyl/N-ethyl adjacent to an activating group) is 1. The largest absolute Gasteiger partial charge is 0.440 e. The molecule has 2 aromatic rings.